The molecule has 5 heteroatoms. The van der Waals surface area contributed by atoms with Gasteiger partial charge in [-0.05, 0) is 31.6 Å². The molecule has 2 atom stereocenters. The van der Waals surface area contributed by atoms with Crippen LogP contribution in [-0.4, -0.2) is 29.4 Å². The van der Waals surface area contributed by atoms with Crippen molar-refractivity contribution in [3.05, 3.63) is 42.0 Å². The van der Waals surface area contributed by atoms with Gasteiger partial charge >= 0.3 is 5.97 Å². The van der Waals surface area contributed by atoms with Crippen molar-refractivity contribution in [2.24, 2.45) is 10.9 Å². The van der Waals surface area contributed by atoms with Gasteiger partial charge in [0.25, 0.3) is 0 Å². The third-order valence-electron chi connectivity index (χ3n) is 3.21. The van der Waals surface area contributed by atoms with Crippen LogP contribution in [0.3, 0.4) is 0 Å². The smallest absolute Gasteiger partial charge is 0.317 e. The number of aliphatic imine (C=N–C) groups is 1. The Morgan fingerprint density at radius 1 is 1.43 bits per heavy atom. The van der Waals surface area contributed by atoms with Gasteiger partial charge in [-0.1, -0.05) is 42.5 Å². The fourth-order valence-corrected chi connectivity index (χ4v) is 2.52. The summed E-state index contributed by atoms with van der Waals surface area (Å²) in [5.41, 5.74) is 1.74. The fraction of sp³-hybridized carbons (Fsp3) is 0.312. The molecule has 0 bridgehead atoms. The Morgan fingerprint density at radius 3 is 2.81 bits per heavy atom. The second kappa shape index (κ2) is 7.13. The van der Waals surface area contributed by atoms with Gasteiger partial charge in [0.15, 0.2) is 5.11 Å². The molecule has 0 fully saturated rings. The number of esters is 1. The van der Waals surface area contributed by atoms with Gasteiger partial charge in [0.2, 0.25) is 0 Å². The molecule has 1 N–H and O–H groups in total. The Balaban J connectivity index is 2.22. The van der Waals surface area contributed by atoms with Gasteiger partial charge in [-0.3, -0.25) is 4.79 Å². The average molecular weight is 302 g/mol. The molecule has 110 valence electrons. The molecule has 0 spiro atoms. The minimum absolute atomic E-state index is 0.241. The van der Waals surface area contributed by atoms with Crippen molar-refractivity contribution >= 4 is 35.1 Å². The van der Waals surface area contributed by atoms with Gasteiger partial charge in [0.05, 0.1) is 12.6 Å². The molecular formula is C16H18N2O2S. The van der Waals surface area contributed by atoms with E-state index in [0.29, 0.717) is 17.4 Å². The van der Waals surface area contributed by atoms with E-state index in [9.17, 15) is 4.79 Å². The lowest BCUT2D eigenvalue weighted by Gasteiger charge is -2.28. The number of benzene rings is 1. The summed E-state index contributed by atoms with van der Waals surface area (Å²) in [5.74, 6) is -0.729. The second-order valence-corrected chi connectivity index (χ2v) is 5.11. The summed E-state index contributed by atoms with van der Waals surface area (Å²) < 4.78 is 5.13. The number of carbonyl (C=O) groups is 1. The maximum absolute atomic E-state index is 12.1. The van der Waals surface area contributed by atoms with E-state index >= 15 is 0 Å². The topological polar surface area (TPSA) is 50.7 Å². The highest BCUT2D eigenvalue weighted by Crippen LogP contribution is 2.17. The predicted octanol–water partition coefficient (Wildman–Crippen LogP) is 2.60. The minimum atomic E-state index is -0.448. The number of carbonyl (C=O) groups excluding carboxylic acids is 1. The van der Waals surface area contributed by atoms with Crippen LogP contribution in [0.5, 0.6) is 0 Å². The van der Waals surface area contributed by atoms with Crippen molar-refractivity contribution < 1.29 is 9.53 Å². The van der Waals surface area contributed by atoms with Gasteiger partial charge in [-0.25, -0.2) is 4.99 Å². The van der Waals surface area contributed by atoms with Crippen molar-refractivity contribution in [2.45, 2.75) is 19.9 Å². The first kappa shape index (κ1) is 15.4. The Labute approximate surface area is 129 Å². The summed E-state index contributed by atoms with van der Waals surface area (Å²) in [4.78, 5) is 16.3. The van der Waals surface area contributed by atoms with Gasteiger partial charge in [-0.15, -0.1) is 0 Å². The monoisotopic (exact) mass is 302 g/mol. The second-order valence-electron chi connectivity index (χ2n) is 4.73. The molecule has 1 aromatic rings. The summed E-state index contributed by atoms with van der Waals surface area (Å²) in [6.45, 7) is 3.94. The normalized spacial score (nSPS) is 21.8. The highest BCUT2D eigenvalue weighted by atomic mass is 32.1. The molecule has 2 unspecified atom stereocenters. The Hall–Kier alpha value is -2.01. The molecule has 0 saturated heterocycles. The molecule has 4 nitrogen and oxygen atoms in total. The Bertz CT molecular complexity index is 581. The standard InChI is InChI=1S/C16H18N2O2S/c1-3-20-15(19)14-11(2)17-16(21)18-13(14)10-9-12-7-5-4-6-8-12/h4-10,13-14H,3H2,1-2H3,(H,18,21). The summed E-state index contributed by atoms with van der Waals surface area (Å²) in [5, 5.41) is 3.46. The number of ether oxygens (including phenoxy) is 1. The molecule has 1 aliphatic heterocycles. The summed E-state index contributed by atoms with van der Waals surface area (Å²) >= 11 is 5.11. The zero-order chi connectivity index (χ0) is 15.2. The first-order chi connectivity index (χ1) is 10.1. The molecule has 0 amide bonds. The third kappa shape index (κ3) is 3.98. The molecule has 0 radical (unpaired) electrons. The zero-order valence-corrected chi connectivity index (χ0v) is 12.9. The number of thiocarbonyl (C=S) groups is 1. The summed E-state index contributed by atoms with van der Waals surface area (Å²) in [7, 11) is 0. The van der Waals surface area contributed by atoms with Crippen LogP contribution in [0.15, 0.2) is 41.4 Å². The van der Waals surface area contributed by atoms with E-state index in [1.165, 1.54) is 0 Å². The Morgan fingerprint density at radius 2 is 2.14 bits per heavy atom. The lowest BCUT2D eigenvalue weighted by atomic mass is 9.93. The molecule has 1 aliphatic rings. The molecular weight excluding hydrogens is 284 g/mol. The quantitative estimate of drug-likeness (QED) is 0.686. The first-order valence-corrected chi connectivity index (χ1v) is 7.28. The van der Waals surface area contributed by atoms with Crippen LogP contribution in [0.2, 0.25) is 0 Å². The Kier molecular flexibility index (Phi) is 5.22. The van der Waals surface area contributed by atoms with Crippen molar-refractivity contribution in [3.8, 4) is 0 Å². The lowest BCUT2D eigenvalue weighted by Crippen LogP contribution is -2.48. The highest BCUT2D eigenvalue weighted by Gasteiger charge is 2.34. The van der Waals surface area contributed by atoms with Crippen LogP contribution in [0.4, 0.5) is 0 Å². The largest absolute Gasteiger partial charge is 0.465 e. The third-order valence-corrected chi connectivity index (χ3v) is 3.42. The van der Waals surface area contributed by atoms with Crippen LogP contribution in [0.25, 0.3) is 6.08 Å². The lowest BCUT2D eigenvalue weighted by molar-refractivity contribution is -0.145. The SMILES string of the molecule is CCOC(=O)C1C(C)=NC(=S)NC1C=Cc1ccccc1. The molecule has 21 heavy (non-hydrogen) atoms. The van der Waals surface area contributed by atoms with Gasteiger partial charge in [-0.2, -0.15) is 0 Å². The van der Waals surface area contributed by atoms with E-state index < -0.39 is 5.92 Å². The van der Waals surface area contributed by atoms with E-state index in [-0.39, 0.29) is 12.0 Å². The molecule has 1 aromatic carbocycles. The van der Waals surface area contributed by atoms with E-state index in [1.807, 2.05) is 42.5 Å². The van der Waals surface area contributed by atoms with E-state index in [1.54, 1.807) is 13.8 Å². The van der Waals surface area contributed by atoms with Crippen LogP contribution in [-0.2, 0) is 9.53 Å². The van der Waals surface area contributed by atoms with Crippen LogP contribution in [0.1, 0.15) is 19.4 Å². The average Bonchev–Trinajstić information content (AvgIpc) is 2.45. The minimum Gasteiger partial charge on any atom is -0.465 e. The highest BCUT2D eigenvalue weighted by molar-refractivity contribution is 7.80. The number of hydrogen-bond donors (Lipinski definition) is 1. The summed E-state index contributed by atoms with van der Waals surface area (Å²) in [6, 6.07) is 9.65. The van der Waals surface area contributed by atoms with Crippen LogP contribution in [0, 0.1) is 5.92 Å². The van der Waals surface area contributed by atoms with Gasteiger partial charge in [0.1, 0.15) is 5.92 Å². The van der Waals surface area contributed by atoms with Crippen LogP contribution >= 0.6 is 12.2 Å². The van der Waals surface area contributed by atoms with Gasteiger partial charge < -0.3 is 10.1 Å². The number of nitrogens with one attached hydrogen (secondary N) is 1. The predicted molar refractivity (Wildman–Crippen MR) is 88.2 cm³/mol. The number of nitrogens with zero attached hydrogens (tertiary/aromatic N) is 1. The number of hydrogen-bond acceptors (Lipinski definition) is 3. The maximum Gasteiger partial charge on any atom is 0.317 e. The molecule has 1 heterocycles. The van der Waals surface area contributed by atoms with E-state index in [0.717, 1.165) is 5.56 Å². The van der Waals surface area contributed by atoms with Crippen molar-refractivity contribution in [3.63, 3.8) is 0 Å². The number of rotatable bonds is 4. The van der Waals surface area contributed by atoms with Crippen molar-refractivity contribution in [1.29, 1.82) is 0 Å². The molecule has 0 aliphatic carbocycles. The molecule has 0 aromatic heterocycles. The van der Waals surface area contributed by atoms with Crippen molar-refractivity contribution in [1.82, 2.24) is 5.32 Å². The maximum atomic E-state index is 12.1. The van der Waals surface area contributed by atoms with Crippen LogP contribution < -0.4 is 5.32 Å². The van der Waals surface area contributed by atoms with E-state index in [4.69, 9.17) is 17.0 Å². The first-order valence-electron chi connectivity index (χ1n) is 6.87. The molecule has 0 saturated carbocycles. The molecule has 2 rings (SSSR count). The summed E-state index contributed by atoms with van der Waals surface area (Å²) in [6.07, 6.45) is 3.90. The van der Waals surface area contributed by atoms with E-state index in [2.05, 4.69) is 10.3 Å². The fourth-order valence-electron chi connectivity index (χ4n) is 2.24. The van der Waals surface area contributed by atoms with Gasteiger partial charge in [0, 0.05) is 5.71 Å². The van der Waals surface area contributed by atoms with Crippen molar-refractivity contribution in [2.75, 3.05) is 6.61 Å². The zero-order valence-electron chi connectivity index (χ0n) is 12.1.